The summed E-state index contributed by atoms with van der Waals surface area (Å²) in [5, 5.41) is 9.68. The van der Waals surface area contributed by atoms with Gasteiger partial charge in [-0.2, -0.15) is 0 Å². The fraction of sp³-hybridized carbons (Fsp3) is 0.750. The van der Waals surface area contributed by atoms with Crippen LogP contribution in [0.1, 0.15) is 50.5 Å². The summed E-state index contributed by atoms with van der Waals surface area (Å²) in [5.74, 6) is 1.08. The highest BCUT2D eigenvalue weighted by Crippen LogP contribution is 2.29. The average molecular weight is 402 g/mol. The molecule has 1 unspecified atom stereocenters. The Balaban J connectivity index is 1.38. The van der Waals surface area contributed by atoms with Crippen LogP contribution in [0.2, 0.25) is 0 Å². The lowest BCUT2D eigenvalue weighted by Gasteiger charge is -2.47. The molecular weight excluding hydrogens is 362 g/mol. The van der Waals surface area contributed by atoms with Gasteiger partial charge in [0.25, 0.3) is 0 Å². The van der Waals surface area contributed by atoms with Gasteiger partial charge in [0, 0.05) is 50.4 Å². The second-order valence-electron chi connectivity index (χ2n) is 9.31. The molecule has 2 aliphatic heterocycles. The molecule has 1 aromatic carbocycles. The highest BCUT2D eigenvalue weighted by molar-refractivity contribution is 5.33. The molecule has 3 fully saturated rings. The Bertz CT molecular complexity index is 626. The van der Waals surface area contributed by atoms with Crippen molar-refractivity contribution in [3.8, 4) is 5.75 Å². The minimum Gasteiger partial charge on any atom is -0.490 e. The molecule has 2 heterocycles. The molecule has 3 aliphatic rings. The molecule has 1 atom stereocenters. The molecule has 1 saturated carbocycles. The van der Waals surface area contributed by atoms with Crippen molar-refractivity contribution < 1.29 is 9.84 Å². The fourth-order valence-corrected chi connectivity index (χ4v) is 5.47. The molecule has 0 amide bonds. The molecule has 4 rings (SSSR count). The number of hydrogen-bond donors (Lipinski definition) is 1. The summed E-state index contributed by atoms with van der Waals surface area (Å²) in [7, 11) is 2.23. The number of aliphatic hydroxyl groups is 1. The van der Waals surface area contributed by atoms with E-state index in [9.17, 15) is 5.11 Å². The number of rotatable bonds is 7. The Hall–Kier alpha value is -1.14. The molecule has 5 heteroatoms. The molecular formula is C24H39N3O2. The van der Waals surface area contributed by atoms with Gasteiger partial charge in [0.2, 0.25) is 0 Å². The number of benzene rings is 1. The molecule has 0 spiro atoms. The zero-order chi connectivity index (χ0) is 20.1. The molecule has 5 nitrogen and oxygen atoms in total. The molecule has 162 valence electrons. The summed E-state index contributed by atoms with van der Waals surface area (Å²) in [4.78, 5) is 7.72. The first-order chi connectivity index (χ1) is 14.2. The predicted octanol–water partition coefficient (Wildman–Crippen LogP) is 2.97. The maximum absolute atomic E-state index is 9.68. The minimum atomic E-state index is 0.281. The van der Waals surface area contributed by atoms with Crippen LogP contribution in [0.5, 0.6) is 5.75 Å². The van der Waals surface area contributed by atoms with E-state index in [4.69, 9.17) is 4.74 Å². The van der Waals surface area contributed by atoms with Gasteiger partial charge in [-0.3, -0.25) is 9.80 Å². The summed E-state index contributed by atoms with van der Waals surface area (Å²) in [5.41, 5.74) is 1.31. The van der Waals surface area contributed by atoms with E-state index in [-0.39, 0.29) is 6.61 Å². The molecule has 29 heavy (non-hydrogen) atoms. The van der Waals surface area contributed by atoms with Crippen LogP contribution in [0.3, 0.4) is 0 Å². The van der Waals surface area contributed by atoms with Gasteiger partial charge in [-0.25, -0.2) is 0 Å². The first kappa shape index (κ1) is 21.1. The maximum atomic E-state index is 9.68. The molecule has 1 aromatic rings. The van der Waals surface area contributed by atoms with Crippen molar-refractivity contribution in [2.24, 2.45) is 0 Å². The van der Waals surface area contributed by atoms with E-state index in [1.165, 1.54) is 57.2 Å². The van der Waals surface area contributed by atoms with E-state index >= 15 is 0 Å². The number of likely N-dealkylation sites (tertiary alicyclic amines) is 1. The van der Waals surface area contributed by atoms with Gasteiger partial charge < -0.3 is 14.7 Å². The standard InChI is InChI=1S/C24H39N3O2/c1-25-13-10-21(11-14-25)27-16-15-26(19-22(27)12-17-28)18-20-6-2-5-9-24(20)29-23-7-3-4-8-23/h2,5-6,9,21-23,28H,3-4,7-8,10-19H2,1H3. The molecule has 1 N–H and O–H groups in total. The average Bonchev–Trinajstić information content (AvgIpc) is 3.24. The summed E-state index contributed by atoms with van der Waals surface area (Å²) >= 11 is 0. The monoisotopic (exact) mass is 401 g/mol. The number of para-hydroxylation sites is 1. The molecule has 0 bridgehead atoms. The van der Waals surface area contributed by atoms with Gasteiger partial charge >= 0.3 is 0 Å². The van der Waals surface area contributed by atoms with Crippen molar-refractivity contribution in [3.63, 3.8) is 0 Å². The minimum absolute atomic E-state index is 0.281. The second-order valence-corrected chi connectivity index (χ2v) is 9.31. The first-order valence-electron chi connectivity index (χ1n) is 11.7. The molecule has 1 aliphatic carbocycles. The number of nitrogens with zero attached hydrogens (tertiary/aromatic N) is 3. The second kappa shape index (κ2) is 10.3. The number of aliphatic hydroxyl groups excluding tert-OH is 1. The van der Waals surface area contributed by atoms with Crippen molar-refractivity contribution in [2.45, 2.75) is 69.7 Å². The van der Waals surface area contributed by atoms with Crippen LogP contribution in [-0.2, 0) is 6.54 Å². The van der Waals surface area contributed by atoms with Gasteiger partial charge in [-0.05, 0) is 71.1 Å². The number of hydrogen-bond acceptors (Lipinski definition) is 5. The van der Waals surface area contributed by atoms with Crippen molar-refractivity contribution >= 4 is 0 Å². The Morgan fingerprint density at radius 3 is 2.52 bits per heavy atom. The third kappa shape index (κ3) is 5.52. The highest BCUT2D eigenvalue weighted by atomic mass is 16.5. The Morgan fingerprint density at radius 1 is 1.00 bits per heavy atom. The normalized spacial score (nSPS) is 26.2. The van der Waals surface area contributed by atoms with Gasteiger partial charge in [-0.15, -0.1) is 0 Å². The van der Waals surface area contributed by atoms with Crippen LogP contribution in [0, 0.1) is 0 Å². The Morgan fingerprint density at radius 2 is 1.76 bits per heavy atom. The highest BCUT2D eigenvalue weighted by Gasteiger charge is 2.33. The van der Waals surface area contributed by atoms with E-state index in [0.29, 0.717) is 18.2 Å². The zero-order valence-electron chi connectivity index (χ0n) is 18.1. The number of piperidine rings is 1. The van der Waals surface area contributed by atoms with Crippen molar-refractivity contribution in [1.29, 1.82) is 0 Å². The predicted molar refractivity (Wildman–Crippen MR) is 117 cm³/mol. The van der Waals surface area contributed by atoms with Gasteiger partial charge in [0.15, 0.2) is 0 Å². The topological polar surface area (TPSA) is 39.2 Å². The van der Waals surface area contributed by atoms with Gasteiger partial charge in [-0.1, -0.05) is 18.2 Å². The van der Waals surface area contributed by atoms with E-state index in [1.54, 1.807) is 0 Å². The quantitative estimate of drug-likeness (QED) is 0.761. The summed E-state index contributed by atoms with van der Waals surface area (Å²) < 4.78 is 6.37. The third-order valence-corrected chi connectivity index (χ3v) is 7.19. The van der Waals surface area contributed by atoms with E-state index in [0.717, 1.165) is 38.3 Å². The first-order valence-corrected chi connectivity index (χ1v) is 11.7. The SMILES string of the molecule is CN1CCC(N2CCN(Cc3ccccc3OC3CCCC3)CC2CCO)CC1. The van der Waals surface area contributed by atoms with Crippen LogP contribution >= 0.6 is 0 Å². The Labute approximate surface area is 176 Å². The molecule has 2 saturated heterocycles. The lowest BCUT2D eigenvalue weighted by Crippen LogP contribution is -2.58. The van der Waals surface area contributed by atoms with E-state index < -0.39 is 0 Å². The zero-order valence-corrected chi connectivity index (χ0v) is 18.1. The summed E-state index contributed by atoms with van der Waals surface area (Å²) in [6.45, 7) is 6.89. The van der Waals surface area contributed by atoms with Gasteiger partial charge in [0.05, 0.1) is 6.10 Å². The van der Waals surface area contributed by atoms with Crippen molar-refractivity contribution in [1.82, 2.24) is 14.7 Å². The van der Waals surface area contributed by atoms with E-state index in [1.807, 2.05) is 0 Å². The lowest BCUT2D eigenvalue weighted by molar-refractivity contribution is 0.00567. The largest absolute Gasteiger partial charge is 0.490 e. The maximum Gasteiger partial charge on any atom is 0.124 e. The lowest BCUT2D eigenvalue weighted by atomic mass is 9.98. The summed E-state index contributed by atoms with van der Waals surface area (Å²) in [6.07, 6.45) is 8.79. The molecule has 0 aromatic heterocycles. The number of ether oxygens (including phenoxy) is 1. The fourth-order valence-electron chi connectivity index (χ4n) is 5.47. The smallest absolute Gasteiger partial charge is 0.124 e. The van der Waals surface area contributed by atoms with Crippen LogP contribution in [0.15, 0.2) is 24.3 Å². The van der Waals surface area contributed by atoms with Crippen LogP contribution < -0.4 is 4.74 Å². The van der Waals surface area contributed by atoms with E-state index in [2.05, 4.69) is 46.0 Å². The van der Waals surface area contributed by atoms with Crippen molar-refractivity contribution in [3.05, 3.63) is 29.8 Å². The molecule has 0 radical (unpaired) electrons. The summed E-state index contributed by atoms with van der Waals surface area (Å²) in [6, 6.07) is 9.76. The Kier molecular flexibility index (Phi) is 7.46. The van der Waals surface area contributed by atoms with Crippen LogP contribution in [-0.4, -0.2) is 84.4 Å². The third-order valence-electron chi connectivity index (χ3n) is 7.19. The van der Waals surface area contributed by atoms with Crippen molar-refractivity contribution in [2.75, 3.05) is 46.4 Å². The number of piperazine rings is 1. The van der Waals surface area contributed by atoms with Crippen LogP contribution in [0.4, 0.5) is 0 Å². The van der Waals surface area contributed by atoms with Crippen LogP contribution in [0.25, 0.3) is 0 Å². The van der Waals surface area contributed by atoms with Gasteiger partial charge in [0.1, 0.15) is 5.75 Å².